The number of ether oxygens (including phenoxy) is 4. The molecule has 11 amide bonds. The molecule has 11 atom stereocenters. The van der Waals surface area contributed by atoms with Gasteiger partial charge in [-0.05, 0) is 44.1 Å². The van der Waals surface area contributed by atoms with Crippen molar-refractivity contribution in [2.75, 3.05) is 78.2 Å². The number of guanidine groups is 1. The number of nitrogens with one attached hydrogen (secondary N) is 21. The first-order valence-electron chi connectivity index (χ1n) is 40.6. The average Bonchev–Trinajstić information content (AvgIpc) is 1.84. The molecule has 8 rings (SSSR count). The second kappa shape index (κ2) is 54.6. The maximum atomic E-state index is 15.3. The number of hydrogen-bond acceptors (Lipinski definition) is 28. The van der Waals surface area contributed by atoms with Crippen molar-refractivity contribution in [3.8, 4) is 0 Å². The molecule has 0 saturated carbocycles. The molecule has 0 spiro atoms. The first kappa shape index (κ1) is 98.5. The molecule has 8 aromatic heterocycles. The number of unbranched alkanes of at least 4 members (excludes halogenated alkanes) is 2. The van der Waals surface area contributed by atoms with E-state index in [1.54, 1.807) is 6.20 Å². The Morgan fingerprint density at radius 2 is 0.638 bits per heavy atom. The largest absolute Gasteiger partial charge is 0.480 e. The van der Waals surface area contributed by atoms with Crippen molar-refractivity contribution >= 4 is 89.5 Å². The lowest BCUT2D eigenvalue weighted by atomic mass is 10.0. The molecule has 8 heterocycles. The quantitative estimate of drug-likeness (QED) is 0.00322. The fourth-order valence-corrected chi connectivity index (χ4v) is 12.7. The van der Waals surface area contributed by atoms with E-state index >= 15 is 14.4 Å². The molecule has 0 saturated heterocycles. The number of hydrogen-bond donors (Lipinski definition) is 25. The Balaban J connectivity index is 0.989. The van der Waals surface area contributed by atoms with E-state index in [0.717, 1.165) is 0 Å². The minimum Gasteiger partial charge on any atom is -0.480 e. The molecule has 8 aromatic rings. The molecule has 26 N–H and O–H groups in total. The number of aromatic amines is 8. The maximum Gasteiger partial charge on any atom is 0.326 e. The summed E-state index contributed by atoms with van der Waals surface area (Å²) in [7, 11) is 0. The molecular weight excluding hydrogens is 1680 g/mol. The molecule has 52 heteroatoms. The molecular formula is C75H108N34O17S. The highest BCUT2D eigenvalue weighted by atomic mass is 32.1. The Bertz CT molecular complexity index is 4670. The Labute approximate surface area is 730 Å². The van der Waals surface area contributed by atoms with Gasteiger partial charge in [0.15, 0.2) is 5.96 Å². The van der Waals surface area contributed by atoms with Crippen molar-refractivity contribution in [2.45, 2.75) is 163 Å². The first-order chi connectivity index (χ1) is 61.5. The third-order valence-corrected chi connectivity index (χ3v) is 19.4. The number of azide groups is 1. The zero-order chi connectivity index (χ0) is 90.9. The number of amides is 11. The Hall–Kier alpha value is -13.9. The van der Waals surface area contributed by atoms with E-state index in [4.69, 9.17) is 41.4 Å². The Morgan fingerprint density at radius 3 is 0.937 bits per heavy atom. The van der Waals surface area contributed by atoms with Gasteiger partial charge in [-0.15, -0.1) is 0 Å². The molecule has 0 aliphatic rings. The zero-order valence-corrected chi connectivity index (χ0v) is 70.1. The molecule has 686 valence electrons. The van der Waals surface area contributed by atoms with E-state index in [2.05, 4.69) is 166 Å². The van der Waals surface area contributed by atoms with Crippen LogP contribution in [0.1, 0.15) is 90.5 Å². The van der Waals surface area contributed by atoms with Crippen LogP contribution in [0.2, 0.25) is 0 Å². The van der Waals surface area contributed by atoms with Gasteiger partial charge in [-0.25, -0.2) is 44.7 Å². The summed E-state index contributed by atoms with van der Waals surface area (Å²) in [5, 5.41) is 53.3. The summed E-state index contributed by atoms with van der Waals surface area (Å²) in [4.78, 5) is 231. The summed E-state index contributed by atoms with van der Waals surface area (Å²) in [5.74, 6) is -11.9. The van der Waals surface area contributed by atoms with Gasteiger partial charge in [0.2, 0.25) is 65.0 Å². The highest BCUT2D eigenvalue weighted by Gasteiger charge is 2.38. The Morgan fingerprint density at radius 1 is 0.378 bits per heavy atom. The standard InChI is InChI=1S/C75H108N34O17S/c76-52(19-44-27-80-36-90-44)64(111)101-55(20-45-28-81-37-91-45)68(115)104-56(21-46-29-82-38-92-46)67(114)99-53(5-1-3-8-88-63(110)7-11-123-13-15-125-17-18-126-16-14-124-12-10-98-109-79)65(112)102-58(23-48-31-84-40-94-48)70(117)106-60(25-50-33-86-42-96-50)72(119)108-62(35-127)73(120)100-54(6-2-4-9-89-75(77)78)66(113)103-57(22-47-30-83-39-93-47)69(116)105-59(24-49-32-85-41-95-49)71(118)107-61(74(121)122)26-51-34-87-43-97-51/h27-34,36-43,52-62,127H,1-26,35,76H2,(H,80,90)(H,81,91)(H,82,92)(H,83,93)(H,84,94)(H,85,95)(H,86,96)(H,87,97)(H,88,110)(H,99,114)(H,100,120)(H,101,111)(H,102,112)(H,103,113)(H,104,115)(H,105,116)(H,106,117)(H,107,118)(H,108,119)(H,121,122)(H4,77,78,89). The first-order valence-corrected chi connectivity index (χ1v) is 41.2. The summed E-state index contributed by atoms with van der Waals surface area (Å²) in [5.41, 5.74) is 22.6. The monoisotopic (exact) mass is 1790 g/mol. The second-order valence-electron chi connectivity index (χ2n) is 28.7. The Kier molecular flexibility index (Phi) is 42.4. The summed E-state index contributed by atoms with van der Waals surface area (Å²) >= 11 is 4.43. The molecule has 0 fully saturated rings. The van der Waals surface area contributed by atoms with Gasteiger partial charge in [0.1, 0.15) is 60.4 Å². The van der Waals surface area contributed by atoms with Crippen LogP contribution in [0.25, 0.3) is 10.4 Å². The van der Waals surface area contributed by atoms with Crippen LogP contribution < -0.4 is 75.3 Å². The fourth-order valence-electron chi connectivity index (χ4n) is 12.5. The van der Waals surface area contributed by atoms with Crippen molar-refractivity contribution in [2.24, 2.45) is 16.6 Å². The molecule has 127 heavy (non-hydrogen) atoms. The number of carbonyl (C=O) groups is 12. The van der Waals surface area contributed by atoms with Gasteiger partial charge in [-0.1, -0.05) is 5.11 Å². The van der Waals surface area contributed by atoms with Gasteiger partial charge in [-0.3, -0.25) is 58.1 Å². The van der Waals surface area contributed by atoms with Crippen LogP contribution in [0.4, 0.5) is 0 Å². The van der Waals surface area contributed by atoms with Crippen molar-refractivity contribution in [3.63, 3.8) is 0 Å². The normalized spacial score (nSPS) is 13.7. The SMILES string of the molecule is [N-]=[N+]=NCCOCCOCCOCCOCCC(=O)NCCCCC(NC(=O)C(Cc1c[nH]cn1)NC(=O)C(Cc1c[nH]cn1)NC(=O)C(N)Cc1c[nH]cn1)C(=O)NC(Cc1c[nH]cn1)C(=O)NC(Cc1c[nH]cn1)C(=O)NC(CS)C(=O)NC(CCCCNC(=N)N)C(=O)NC(Cc1c[nH]cn1)C(=O)NC(Cc1c[nH]cn1)C(=O)NC(Cc1c[nH]cn1)C(=O)O. The number of imidazole rings is 8. The molecule has 0 bridgehead atoms. The lowest BCUT2D eigenvalue weighted by Crippen LogP contribution is -2.61. The smallest absolute Gasteiger partial charge is 0.326 e. The summed E-state index contributed by atoms with van der Waals surface area (Å²) in [6.07, 6.45) is 21.0. The topological polar surface area (TPSA) is 760 Å². The molecule has 51 nitrogen and oxygen atoms in total. The summed E-state index contributed by atoms with van der Waals surface area (Å²) in [6, 6.07) is -16.6. The van der Waals surface area contributed by atoms with Crippen LogP contribution in [-0.2, 0) is 128 Å². The average molecular weight is 1790 g/mol. The molecule has 0 aliphatic heterocycles. The van der Waals surface area contributed by atoms with Gasteiger partial charge in [0, 0.05) is 138 Å². The minimum absolute atomic E-state index is 0.0100. The van der Waals surface area contributed by atoms with E-state index in [0.29, 0.717) is 36.9 Å². The van der Waals surface area contributed by atoms with Crippen LogP contribution in [-0.4, -0.2) is 306 Å². The summed E-state index contributed by atoms with van der Waals surface area (Å²) in [6.45, 7) is 2.43. The number of carbonyl (C=O) groups excluding carboxylic acids is 11. The summed E-state index contributed by atoms with van der Waals surface area (Å²) < 4.78 is 21.8. The minimum atomic E-state index is -1.63. The van der Waals surface area contributed by atoms with Crippen LogP contribution >= 0.6 is 12.6 Å². The number of thiol groups is 1. The molecule has 0 aliphatic carbocycles. The van der Waals surface area contributed by atoms with Crippen LogP contribution in [0.5, 0.6) is 0 Å². The van der Waals surface area contributed by atoms with Crippen molar-refractivity contribution in [3.05, 3.63) is 156 Å². The van der Waals surface area contributed by atoms with Crippen molar-refractivity contribution in [1.29, 1.82) is 5.41 Å². The van der Waals surface area contributed by atoms with Gasteiger partial charge in [-0.2, -0.15) is 12.6 Å². The van der Waals surface area contributed by atoms with Crippen LogP contribution in [0.15, 0.2) is 105 Å². The van der Waals surface area contributed by atoms with Crippen LogP contribution in [0, 0.1) is 5.41 Å². The number of H-pyrrole nitrogens is 8. The zero-order valence-electron chi connectivity index (χ0n) is 69.2. The van der Waals surface area contributed by atoms with Gasteiger partial charge >= 0.3 is 5.97 Å². The van der Waals surface area contributed by atoms with E-state index in [1.165, 1.54) is 94.0 Å². The lowest BCUT2D eigenvalue weighted by Gasteiger charge is -2.28. The number of aliphatic carboxylic acids is 1. The number of nitrogens with zero attached hydrogens (tertiary/aromatic N) is 11. The number of rotatable bonds is 63. The third kappa shape index (κ3) is 36.4. The molecule has 11 unspecified atom stereocenters. The second-order valence-corrected chi connectivity index (χ2v) is 29.1. The predicted molar refractivity (Wildman–Crippen MR) is 450 cm³/mol. The van der Waals surface area contributed by atoms with Gasteiger partial charge < -0.3 is 139 Å². The van der Waals surface area contributed by atoms with Crippen LogP contribution in [0.3, 0.4) is 0 Å². The highest BCUT2D eigenvalue weighted by molar-refractivity contribution is 7.80. The molecule has 0 aromatic carbocycles. The predicted octanol–water partition coefficient (Wildman–Crippen LogP) is -5.39. The number of carboxylic acid groups (broad SMARTS) is 1. The van der Waals surface area contributed by atoms with E-state index in [1.807, 2.05) is 0 Å². The number of carboxylic acids is 1. The third-order valence-electron chi connectivity index (χ3n) is 19.1. The van der Waals surface area contributed by atoms with Gasteiger partial charge in [0.05, 0.1) is 155 Å². The maximum absolute atomic E-state index is 15.3. The lowest BCUT2D eigenvalue weighted by molar-refractivity contribution is -0.142. The number of aromatic nitrogens is 16. The van der Waals surface area contributed by atoms with Crippen molar-refractivity contribution in [1.82, 2.24) is 144 Å². The van der Waals surface area contributed by atoms with E-state index in [-0.39, 0.29) is 189 Å². The molecule has 0 radical (unpaired) electrons. The van der Waals surface area contributed by atoms with Gasteiger partial charge in [0.25, 0.3) is 0 Å². The highest BCUT2D eigenvalue weighted by Crippen LogP contribution is 2.14. The number of nitrogens with two attached hydrogens (primary N) is 2. The fraction of sp³-hybridized carbons (Fsp3) is 0.507. The van der Waals surface area contributed by atoms with Crippen molar-refractivity contribution < 1.29 is 81.6 Å². The van der Waals surface area contributed by atoms with E-state index in [9.17, 15) is 48.3 Å². The van der Waals surface area contributed by atoms with E-state index < -0.39 is 137 Å².